The van der Waals surface area contributed by atoms with Crippen molar-refractivity contribution in [3.8, 4) is 0 Å². The van der Waals surface area contributed by atoms with Gasteiger partial charge >= 0.3 is 0 Å². The zero-order chi connectivity index (χ0) is 18.6. The average Bonchev–Trinajstić information content (AvgIpc) is 3.22. The van der Waals surface area contributed by atoms with Crippen molar-refractivity contribution in [1.29, 1.82) is 0 Å². The minimum atomic E-state index is -0.140. The molecule has 0 radical (unpaired) electrons. The largest absolute Gasteiger partial charge is 0.370 e. The van der Waals surface area contributed by atoms with E-state index in [4.69, 9.17) is 16.3 Å². The average molecular weight is 384 g/mol. The number of ether oxygens (including phenoxy) is 1. The summed E-state index contributed by atoms with van der Waals surface area (Å²) in [5.74, 6) is 0.00577. The maximum absolute atomic E-state index is 12.9. The molecule has 8 heteroatoms. The first-order chi connectivity index (χ1) is 13.2. The van der Waals surface area contributed by atoms with Crippen LogP contribution in [0, 0.1) is 0 Å². The Balaban J connectivity index is 1.43. The van der Waals surface area contributed by atoms with Gasteiger partial charge in [0, 0.05) is 17.1 Å². The molecule has 27 heavy (non-hydrogen) atoms. The number of morpholine rings is 1. The first-order valence-electron chi connectivity index (χ1n) is 8.65. The summed E-state index contributed by atoms with van der Waals surface area (Å²) in [6.07, 6.45) is 1.42. The highest BCUT2D eigenvalue weighted by Gasteiger charge is 2.26. The van der Waals surface area contributed by atoms with E-state index in [1.165, 1.54) is 0 Å². The molecule has 2 heterocycles. The van der Waals surface area contributed by atoms with E-state index in [1.807, 2.05) is 53.4 Å². The van der Waals surface area contributed by atoms with Crippen LogP contribution in [0.2, 0.25) is 5.02 Å². The Morgan fingerprint density at radius 1 is 1.15 bits per heavy atom. The van der Waals surface area contributed by atoms with Crippen molar-refractivity contribution in [3.05, 3.63) is 76.6 Å². The third-order valence-corrected chi connectivity index (χ3v) is 4.78. The maximum Gasteiger partial charge on any atom is 0.254 e. The Kier molecular flexibility index (Phi) is 5.13. The van der Waals surface area contributed by atoms with Gasteiger partial charge in [0.1, 0.15) is 12.4 Å². The van der Waals surface area contributed by atoms with Crippen molar-refractivity contribution >= 4 is 17.5 Å². The lowest BCUT2D eigenvalue weighted by molar-refractivity contribution is -0.0228. The Morgan fingerprint density at radius 2 is 1.93 bits per heavy atom. The Hall–Kier alpha value is -2.77. The molecule has 0 N–H and O–H groups in total. The molecular formula is C19H18ClN5O2. The number of carbonyl (C=O) groups excluding carboxylic acids is 1. The summed E-state index contributed by atoms with van der Waals surface area (Å²) < 4.78 is 7.47. The van der Waals surface area contributed by atoms with Gasteiger partial charge in [-0.2, -0.15) is 0 Å². The number of halogens is 1. The van der Waals surface area contributed by atoms with Crippen LogP contribution >= 0.6 is 11.6 Å². The van der Waals surface area contributed by atoms with Crippen molar-refractivity contribution in [2.75, 3.05) is 19.7 Å². The van der Waals surface area contributed by atoms with Gasteiger partial charge in [0.05, 0.1) is 19.7 Å². The summed E-state index contributed by atoms with van der Waals surface area (Å²) in [6.45, 7) is 2.18. The molecule has 0 unspecified atom stereocenters. The van der Waals surface area contributed by atoms with E-state index in [-0.39, 0.29) is 12.0 Å². The third-order valence-electron chi connectivity index (χ3n) is 4.53. The molecular weight excluding hydrogens is 366 g/mol. The number of amides is 1. The molecule has 1 amide bonds. The molecule has 1 aliphatic rings. The quantitative estimate of drug-likeness (QED) is 0.692. The molecule has 0 saturated carbocycles. The van der Waals surface area contributed by atoms with E-state index in [9.17, 15) is 4.79 Å². The van der Waals surface area contributed by atoms with Gasteiger partial charge in [0.15, 0.2) is 0 Å². The van der Waals surface area contributed by atoms with Crippen molar-refractivity contribution < 1.29 is 9.53 Å². The molecule has 1 fully saturated rings. The summed E-state index contributed by atoms with van der Waals surface area (Å²) in [7, 11) is 0. The zero-order valence-corrected chi connectivity index (χ0v) is 15.3. The molecule has 1 saturated heterocycles. The number of carbonyl (C=O) groups is 1. The standard InChI is InChI=1S/C19H18ClN5O2/c20-17-7-5-15(6-8-17)18-12-24(9-10-27-18)19(26)16-3-1-14(2-4-16)11-25-13-21-22-23-25/h1-8,13,18H,9-12H2/t18-/m1/s1. The number of aromatic nitrogens is 4. The topological polar surface area (TPSA) is 73.1 Å². The molecule has 0 aliphatic carbocycles. The molecule has 1 atom stereocenters. The number of nitrogens with zero attached hydrogens (tertiary/aromatic N) is 5. The van der Waals surface area contributed by atoms with Crippen LogP contribution in [0.5, 0.6) is 0 Å². The molecule has 4 rings (SSSR count). The zero-order valence-electron chi connectivity index (χ0n) is 14.5. The molecule has 1 aliphatic heterocycles. The van der Waals surface area contributed by atoms with Crippen LogP contribution in [0.4, 0.5) is 0 Å². The van der Waals surface area contributed by atoms with Gasteiger partial charge in [-0.15, -0.1) is 5.10 Å². The molecule has 2 aromatic carbocycles. The Labute approximate surface area is 161 Å². The number of hydrogen-bond acceptors (Lipinski definition) is 5. The first kappa shape index (κ1) is 17.6. The predicted molar refractivity (Wildman–Crippen MR) is 99.4 cm³/mol. The summed E-state index contributed by atoms with van der Waals surface area (Å²) in [4.78, 5) is 14.7. The van der Waals surface area contributed by atoms with Gasteiger partial charge in [0.2, 0.25) is 0 Å². The molecule has 0 spiro atoms. The second-order valence-corrected chi connectivity index (χ2v) is 6.80. The summed E-state index contributed by atoms with van der Waals surface area (Å²) in [6, 6.07) is 15.1. The highest BCUT2D eigenvalue weighted by molar-refractivity contribution is 6.30. The number of tetrazole rings is 1. The number of rotatable bonds is 4. The molecule has 3 aromatic rings. The third kappa shape index (κ3) is 4.15. The van der Waals surface area contributed by atoms with Gasteiger partial charge in [0.25, 0.3) is 5.91 Å². The second kappa shape index (κ2) is 7.85. The second-order valence-electron chi connectivity index (χ2n) is 6.37. The summed E-state index contributed by atoms with van der Waals surface area (Å²) in [5.41, 5.74) is 2.71. The lowest BCUT2D eigenvalue weighted by atomic mass is 10.1. The predicted octanol–water partition coefficient (Wildman–Crippen LogP) is 2.59. The number of benzene rings is 2. The monoisotopic (exact) mass is 383 g/mol. The van der Waals surface area contributed by atoms with Gasteiger partial charge < -0.3 is 9.64 Å². The van der Waals surface area contributed by atoms with E-state index in [0.29, 0.717) is 36.8 Å². The van der Waals surface area contributed by atoms with Crippen molar-refractivity contribution in [2.24, 2.45) is 0 Å². The molecule has 1 aromatic heterocycles. The van der Waals surface area contributed by atoms with E-state index in [2.05, 4.69) is 15.5 Å². The summed E-state index contributed by atoms with van der Waals surface area (Å²) >= 11 is 5.95. The minimum Gasteiger partial charge on any atom is -0.370 e. The molecule has 0 bridgehead atoms. The van der Waals surface area contributed by atoms with E-state index < -0.39 is 0 Å². The summed E-state index contributed by atoms with van der Waals surface area (Å²) in [5, 5.41) is 11.8. The van der Waals surface area contributed by atoms with E-state index in [0.717, 1.165) is 11.1 Å². The molecule has 138 valence electrons. The van der Waals surface area contributed by atoms with Crippen LogP contribution in [0.25, 0.3) is 0 Å². The normalized spacial score (nSPS) is 17.1. The highest BCUT2D eigenvalue weighted by atomic mass is 35.5. The van der Waals surface area contributed by atoms with Crippen molar-refractivity contribution in [1.82, 2.24) is 25.1 Å². The van der Waals surface area contributed by atoms with Crippen molar-refractivity contribution in [3.63, 3.8) is 0 Å². The van der Waals surface area contributed by atoms with E-state index >= 15 is 0 Å². The lowest BCUT2D eigenvalue weighted by Crippen LogP contribution is -2.42. The fraction of sp³-hybridized carbons (Fsp3) is 0.263. The fourth-order valence-corrected chi connectivity index (χ4v) is 3.21. The van der Waals surface area contributed by atoms with Crippen LogP contribution in [0.1, 0.15) is 27.6 Å². The van der Waals surface area contributed by atoms with Gasteiger partial charge in [-0.3, -0.25) is 4.79 Å². The lowest BCUT2D eigenvalue weighted by Gasteiger charge is -2.33. The van der Waals surface area contributed by atoms with Gasteiger partial charge in [-0.25, -0.2) is 4.68 Å². The fourth-order valence-electron chi connectivity index (χ4n) is 3.09. The maximum atomic E-state index is 12.9. The molecule has 7 nitrogen and oxygen atoms in total. The SMILES string of the molecule is O=C(c1ccc(Cn2cnnn2)cc1)N1CCO[C@@H](c2ccc(Cl)cc2)C1. The van der Waals surface area contributed by atoms with Gasteiger partial charge in [-0.1, -0.05) is 35.9 Å². The highest BCUT2D eigenvalue weighted by Crippen LogP contribution is 2.24. The minimum absolute atomic E-state index is 0.00577. The van der Waals surface area contributed by atoms with Crippen LogP contribution < -0.4 is 0 Å². The van der Waals surface area contributed by atoms with Crippen LogP contribution in [0.3, 0.4) is 0 Å². The Bertz CT molecular complexity index is 897. The van der Waals surface area contributed by atoms with Crippen molar-refractivity contribution in [2.45, 2.75) is 12.6 Å². The van der Waals surface area contributed by atoms with Crippen LogP contribution in [0.15, 0.2) is 54.9 Å². The Morgan fingerprint density at radius 3 is 2.63 bits per heavy atom. The van der Waals surface area contributed by atoms with Gasteiger partial charge in [-0.05, 0) is 45.8 Å². The van der Waals surface area contributed by atoms with Crippen LogP contribution in [-0.2, 0) is 11.3 Å². The van der Waals surface area contributed by atoms with E-state index in [1.54, 1.807) is 11.0 Å². The van der Waals surface area contributed by atoms with Crippen LogP contribution in [-0.4, -0.2) is 50.7 Å². The number of hydrogen-bond donors (Lipinski definition) is 0. The first-order valence-corrected chi connectivity index (χ1v) is 9.03. The smallest absolute Gasteiger partial charge is 0.254 e.